The first-order valence-corrected chi connectivity index (χ1v) is 10.7. The highest BCUT2D eigenvalue weighted by Crippen LogP contribution is 2.36. The summed E-state index contributed by atoms with van der Waals surface area (Å²) in [4.78, 5) is 7.90. The maximum absolute atomic E-state index is 13.1. The van der Waals surface area contributed by atoms with E-state index >= 15 is 0 Å². The van der Waals surface area contributed by atoms with E-state index in [-0.39, 0.29) is 39.3 Å². The lowest BCUT2D eigenvalue weighted by molar-refractivity contribution is -0.138. The summed E-state index contributed by atoms with van der Waals surface area (Å²) in [7, 11) is -2.59. The van der Waals surface area contributed by atoms with Crippen LogP contribution in [0.5, 0.6) is 0 Å². The van der Waals surface area contributed by atoms with Gasteiger partial charge >= 0.3 is 12.4 Å². The largest absolute Gasteiger partial charge is 0.417 e. The topological polar surface area (TPSA) is 69.8 Å². The van der Waals surface area contributed by atoms with Gasteiger partial charge in [-0.1, -0.05) is 0 Å². The van der Waals surface area contributed by atoms with Crippen molar-refractivity contribution >= 4 is 32.1 Å². The molecular formula is C19H14F6N4O2S. The molecule has 0 bridgehead atoms. The number of hydrogen-bond donors (Lipinski definition) is 0. The minimum Gasteiger partial charge on any atom is -0.311 e. The fourth-order valence-corrected chi connectivity index (χ4v) is 4.57. The van der Waals surface area contributed by atoms with Crippen molar-refractivity contribution in [3.63, 3.8) is 0 Å². The molecule has 3 aromatic heterocycles. The third-order valence-corrected chi connectivity index (χ3v) is 6.67. The third-order valence-electron chi connectivity index (χ3n) is 4.99. The number of halogens is 6. The highest BCUT2D eigenvalue weighted by molar-refractivity contribution is 7.90. The molecule has 0 aliphatic carbocycles. The lowest BCUT2D eigenvalue weighted by Crippen LogP contribution is -2.16. The molecule has 4 aromatic rings. The van der Waals surface area contributed by atoms with E-state index in [9.17, 15) is 34.8 Å². The van der Waals surface area contributed by atoms with Crippen LogP contribution in [0.1, 0.15) is 18.1 Å². The zero-order valence-corrected chi connectivity index (χ0v) is 17.3. The molecule has 0 aliphatic rings. The van der Waals surface area contributed by atoms with Crippen LogP contribution in [0.3, 0.4) is 0 Å². The van der Waals surface area contributed by atoms with Crippen molar-refractivity contribution in [1.82, 2.24) is 18.5 Å². The fourth-order valence-electron chi connectivity index (χ4n) is 3.41. The Morgan fingerprint density at radius 3 is 2.22 bits per heavy atom. The lowest BCUT2D eigenvalue weighted by atomic mass is 10.1. The van der Waals surface area contributed by atoms with Crippen LogP contribution >= 0.6 is 0 Å². The minimum atomic E-state index is -4.66. The summed E-state index contributed by atoms with van der Waals surface area (Å²) >= 11 is 0. The van der Waals surface area contributed by atoms with Crippen LogP contribution in [-0.2, 0) is 29.4 Å². The molecule has 0 spiro atoms. The molecule has 0 aliphatic heterocycles. The maximum atomic E-state index is 13.1. The van der Waals surface area contributed by atoms with E-state index < -0.39 is 33.5 Å². The van der Waals surface area contributed by atoms with Crippen molar-refractivity contribution in [3.05, 3.63) is 47.7 Å². The SMILES string of the molecule is CCS(=O)(=O)n1c(-c2nc3cc(C(F)(F)F)cnc3n2C)cc2cc(C(F)(F)F)ccc21. The molecule has 0 atom stereocenters. The average molecular weight is 476 g/mol. The van der Waals surface area contributed by atoms with Crippen LogP contribution in [0.25, 0.3) is 33.6 Å². The van der Waals surface area contributed by atoms with Crippen molar-refractivity contribution in [1.29, 1.82) is 0 Å². The van der Waals surface area contributed by atoms with Crippen LogP contribution in [0.15, 0.2) is 36.5 Å². The minimum absolute atomic E-state index is 0.00848. The first-order chi connectivity index (χ1) is 14.7. The zero-order chi connectivity index (χ0) is 23.6. The van der Waals surface area contributed by atoms with Gasteiger partial charge in [0.25, 0.3) is 0 Å². The first kappa shape index (κ1) is 22.1. The highest BCUT2D eigenvalue weighted by Gasteiger charge is 2.33. The Labute approximate surface area is 177 Å². The molecule has 0 N–H and O–H groups in total. The molecule has 32 heavy (non-hydrogen) atoms. The Kier molecular flexibility index (Phi) is 4.81. The quantitative estimate of drug-likeness (QED) is 0.398. The molecule has 0 fully saturated rings. The van der Waals surface area contributed by atoms with Gasteiger partial charge in [-0.3, -0.25) is 0 Å². The average Bonchev–Trinajstić information content (AvgIpc) is 3.24. The number of hydrogen-bond acceptors (Lipinski definition) is 4. The maximum Gasteiger partial charge on any atom is 0.417 e. The van der Waals surface area contributed by atoms with Crippen molar-refractivity contribution in [3.8, 4) is 11.5 Å². The van der Waals surface area contributed by atoms with Gasteiger partial charge in [-0.25, -0.2) is 22.4 Å². The highest BCUT2D eigenvalue weighted by atomic mass is 32.2. The molecule has 0 saturated heterocycles. The number of nitrogens with zero attached hydrogens (tertiary/aromatic N) is 4. The Bertz CT molecular complexity index is 1470. The summed E-state index contributed by atoms with van der Waals surface area (Å²) in [5.74, 6) is -0.431. The van der Waals surface area contributed by atoms with E-state index in [0.29, 0.717) is 6.20 Å². The van der Waals surface area contributed by atoms with E-state index in [1.807, 2.05) is 0 Å². The van der Waals surface area contributed by atoms with Crippen molar-refractivity contribution in [2.24, 2.45) is 7.05 Å². The predicted molar refractivity (Wildman–Crippen MR) is 104 cm³/mol. The standard InChI is InChI=1S/C19H14F6N4O2S/c1-3-32(30,31)29-14-5-4-11(18(20,21)22)6-10(14)7-15(29)17-27-13-8-12(19(23,24)25)9-26-16(13)28(17)2/h4-9H,3H2,1-2H3. The van der Waals surface area contributed by atoms with Crippen molar-refractivity contribution < 1.29 is 34.8 Å². The Morgan fingerprint density at radius 1 is 0.969 bits per heavy atom. The van der Waals surface area contributed by atoms with Gasteiger partial charge in [0, 0.05) is 18.6 Å². The summed E-state index contributed by atoms with van der Waals surface area (Å²) < 4.78 is 106. The summed E-state index contributed by atoms with van der Waals surface area (Å²) in [5, 5.41) is -0.0113. The van der Waals surface area contributed by atoms with Gasteiger partial charge in [0.1, 0.15) is 11.2 Å². The van der Waals surface area contributed by atoms with Crippen LogP contribution < -0.4 is 0 Å². The number of imidazole rings is 1. The second-order valence-electron chi connectivity index (χ2n) is 7.02. The molecule has 6 nitrogen and oxygen atoms in total. The monoisotopic (exact) mass is 476 g/mol. The van der Waals surface area contributed by atoms with E-state index in [4.69, 9.17) is 0 Å². The molecule has 4 rings (SSSR count). The molecule has 13 heteroatoms. The van der Waals surface area contributed by atoms with Gasteiger partial charge in [-0.2, -0.15) is 26.3 Å². The van der Waals surface area contributed by atoms with Gasteiger partial charge < -0.3 is 4.57 Å². The molecule has 0 amide bonds. The van der Waals surface area contributed by atoms with Gasteiger partial charge in [0.2, 0.25) is 10.0 Å². The summed E-state index contributed by atoms with van der Waals surface area (Å²) in [6.07, 6.45) is -8.68. The molecule has 1 aromatic carbocycles. The van der Waals surface area contributed by atoms with E-state index in [0.717, 1.165) is 28.2 Å². The Balaban J connectivity index is 2.04. The third kappa shape index (κ3) is 3.49. The summed E-state index contributed by atoms with van der Waals surface area (Å²) in [5.41, 5.74) is -2.19. The second kappa shape index (κ2) is 6.95. The fraction of sp³-hybridized carbons (Fsp3) is 0.263. The lowest BCUT2D eigenvalue weighted by Gasteiger charge is -2.11. The van der Waals surface area contributed by atoms with Crippen LogP contribution in [-0.4, -0.2) is 32.7 Å². The molecule has 0 saturated carbocycles. The predicted octanol–water partition coefficient (Wildman–Crippen LogP) is 4.83. The Morgan fingerprint density at radius 2 is 1.62 bits per heavy atom. The van der Waals surface area contributed by atoms with Gasteiger partial charge in [-0.15, -0.1) is 0 Å². The number of fused-ring (bicyclic) bond motifs is 2. The molecule has 0 radical (unpaired) electrons. The summed E-state index contributed by atoms with van der Waals surface area (Å²) in [6.45, 7) is 1.36. The Hall–Kier alpha value is -3.09. The summed E-state index contributed by atoms with van der Waals surface area (Å²) in [6, 6.07) is 4.60. The van der Waals surface area contributed by atoms with Crippen LogP contribution in [0.2, 0.25) is 0 Å². The zero-order valence-electron chi connectivity index (χ0n) is 16.5. The molecule has 3 heterocycles. The van der Waals surface area contributed by atoms with E-state index in [1.54, 1.807) is 0 Å². The van der Waals surface area contributed by atoms with Crippen LogP contribution in [0, 0.1) is 0 Å². The normalized spacial score (nSPS) is 13.4. The number of aryl methyl sites for hydroxylation is 1. The smallest absolute Gasteiger partial charge is 0.311 e. The van der Waals surface area contributed by atoms with E-state index in [2.05, 4.69) is 9.97 Å². The van der Waals surface area contributed by atoms with Gasteiger partial charge in [0.05, 0.1) is 22.4 Å². The van der Waals surface area contributed by atoms with Crippen LogP contribution in [0.4, 0.5) is 26.3 Å². The van der Waals surface area contributed by atoms with Gasteiger partial charge in [0.15, 0.2) is 11.5 Å². The molecule has 170 valence electrons. The van der Waals surface area contributed by atoms with E-state index in [1.165, 1.54) is 24.6 Å². The second-order valence-corrected chi connectivity index (χ2v) is 9.13. The first-order valence-electron chi connectivity index (χ1n) is 9.10. The van der Waals surface area contributed by atoms with Gasteiger partial charge in [-0.05, 0) is 37.3 Å². The number of aromatic nitrogens is 4. The molecule has 0 unspecified atom stereocenters. The van der Waals surface area contributed by atoms with Crippen molar-refractivity contribution in [2.75, 3.05) is 5.75 Å². The number of pyridine rings is 1. The number of benzene rings is 1. The molecular weight excluding hydrogens is 462 g/mol. The van der Waals surface area contributed by atoms with Crippen molar-refractivity contribution in [2.45, 2.75) is 19.3 Å². The number of rotatable bonds is 3. The number of alkyl halides is 6.